The van der Waals surface area contributed by atoms with E-state index in [1.165, 1.54) is 0 Å². The molecule has 0 radical (unpaired) electrons. The molecule has 0 aliphatic carbocycles. The Morgan fingerprint density at radius 1 is 1.17 bits per heavy atom. The van der Waals surface area contributed by atoms with Crippen molar-refractivity contribution < 1.29 is 0 Å². The third-order valence-corrected chi connectivity index (χ3v) is 3.65. The van der Waals surface area contributed by atoms with Crippen LogP contribution in [0.1, 0.15) is 33.3 Å². The molecule has 0 spiro atoms. The van der Waals surface area contributed by atoms with Crippen LogP contribution < -0.4 is 11.1 Å². The molecular weight excluding hydrogens is 240 g/mol. The average molecular weight is 264 g/mol. The number of rotatable bonds is 6. The highest BCUT2D eigenvalue weighted by Gasteiger charge is 2.17. The van der Waals surface area contributed by atoms with E-state index in [0.717, 1.165) is 17.8 Å². The Kier molecular flexibility index (Phi) is 5.60. The van der Waals surface area contributed by atoms with Crippen LogP contribution in [-0.2, 0) is 0 Å². The molecular formula is C15H24N2S. The molecule has 0 fully saturated rings. The van der Waals surface area contributed by atoms with E-state index in [1.807, 2.05) is 24.3 Å². The van der Waals surface area contributed by atoms with Crippen LogP contribution in [0.5, 0.6) is 0 Å². The lowest BCUT2D eigenvalue weighted by Gasteiger charge is -2.26. The summed E-state index contributed by atoms with van der Waals surface area (Å²) in [5.41, 5.74) is 7.70. The summed E-state index contributed by atoms with van der Waals surface area (Å²) < 4.78 is 0. The number of hydrogen-bond acceptors (Lipinski definition) is 2. The van der Waals surface area contributed by atoms with Crippen LogP contribution in [0, 0.1) is 17.8 Å². The minimum Gasteiger partial charge on any atom is -0.389 e. The zero-order valence-electron chi connectivity index (χ0n) is 11.7. The quantitative estimate of drug-likeness (QED) is 0.770. The molecule has 100 valence electrons. The van der Waals surface area contributed by atoms with Gasteiger partial charge in [-0.15, -0.1) is 0 Å². The zero-order valence-corrected chi connectivity index (χ0v) is 12.6. The van der Waals surface area contributed by atoms with Crippen LogP contribution in [0.15, 0.2) is 24.3 Å². The first-order valence-electron chi connectivity index (χ1n) is 6.56. The molecule has 1 rings (SSSR count). The number of thiocarbonyl (C=S) groups is 1. The van der Waals surface area contributed by atoms with Crippen LogP contribution in [0.25, 0.3) is 0 Å². The summed E-state index contributed by atoms with van der Waals surface area (Å²) >= 11 is 5.07. The Morgan fingerprint density at radius 2 is 1.72 bits per heavy atom. The topological polar surface area (TPSA) is 38.0 Å². The first kappa shape index (κ1) is 15.0. The molecule has 0 amide bonds. The van der Waals surface area contributed by atoms with Crippen LogP contribution in [0.4, 0.5) is 5.69 Å². The van der Waals surface area contributed by atoms with Gasteiger partial charge in [0.1, 0.15) is 4.99 Å². The normalized spacial score (nSPS) is 11.3. The monoisotopic (exact) mass is 264 g/mol. The highest BCUT2D eigenvalue weighted by Crippen LogP contribution is 2.22. The Labute approximate surface area is 116 Å². The van der Waals surface area contributed by atoms with E-state index in [-0.39, 0.29) is 0 Å². The summed E-state index contributed by atoms with van der Waals surface area (Å²) in [6, 6.07) is 7.96. The van der Waals surface area contributed by atoms with E-state index >= 15 is 0 Å². The van der Waals surface area contributed by atoms with Gasteiger partial charge in [-0.3, -0.25) is 0 Å². The van der Waals surface area contributed by atoms with Gasteiger partial charge in [-0.05, 0) is 29.9 Å². The van der Waals surface area contributed by atoms with Gasteiger partial charge in [-0.25, -0.2) is 0 Å². The third kappa shape index (κ3) is 3.98. The van der Waals surface area contributed by atoms with Crippen molar-refractivity contribution in [3.05, 3.63) is 29.8 Å². The predicted octanol–water partition coefficient (Wildman–Crippen LogP) is 3.66. The van der Waals surface area contributed by atoms with Gasteiger partial charge in [0, 0.05) is 17.8 Å². The average Bonchev–Trinajstić information content (AvgIpc) is 2.28. The smallest absolute Gasteiger partial charge is 0.106 e. The zero-order chi connectivity index (χ0) is 13.7. The lowest BCUT2D eigenvalue weighted by atomic mass is 9.85. The van der Waals surface area contributed by atoms with E-state index < -0.39 is 0 Å². The summed E-state index contributed by atoms with van der Waals surface area (Å²) in [5.74, 6) is 1.97. The molecule has 0 aliphatic heterocycles. The fourth-order valence-electron chi connectivity index (χ4n) is 2.32. The highest BCUT2D eigenvalue weighted by molar-refractivity contribution is 7.80. The van der Waals surface area contributed by atoms with Gasteiger partial charge in [0.15, 0.2) is 0 Å². The standard InChI is InChI=1S/C15H24N2S/c1-10(2)13(11(3)4)9-17-14-8-6-5-7-12(14)15(16)18/h5-8,10-11,13,17H,9H2,1-4H3,(H2,16,18). The van der Waals surface area contributed by atoms with Crippen molar-refractivity contribution in [2.75, 3.05) is 11.9 Å². The molecule has 0 aromatic heterocycles. The molecule has 3 heteroatoms. The minimum atomic E-state index is 0.448. The van der Waals surface area contributed by atoms with Crippen molar-refractivity contribution >= 4 is 22.9 Å². The van der Waals surface area contributed by atoms with E-state index in [2.05, 4.69) is 33.0 Å². The van der Waals surface area contributed by atoms with Crippen LogP contribution in [-0.4, -0.2) is 11.5 Å². The van der Waals surface area contributed by atoms with Gasteiger partial charge in [0.05, 0.1) is 0 Å². The van der Waals surface area contributed by atoms with E-state index in [9.17, 15) is 0 Å². The second kappa shape index (κ2) is 6.74. The first-order valence-corrected chi connectivity index (χ1v) is 6.97. The molecule has 0 aliphatic rings. The summed E-state index contributed by atoms with van der Waals surface area (Å²) in [7, 11) is 0. The number of benzene rings is 1. The number of para-hydroxylation sites is 1. The second-order valence-corrected chi connectivity index (χ2v) is 5.88. The minimum absolute atomic E-state index is 0.448. The lowest BCUT2D eigenvalue weighted by molar-refractivity contribution is 0.304. The molecule has 0 bridgehead atoms. The highest BCUT2D eigenvalue weighted by atomic mass is 32.1. The molecule has 0 unspecified atom stereocenters. The number of hydrogen-bond donors (Lipinski definition) is 2. The van der Waals surface area contributed by atoms with E-state index in [0.29, 0.717) is 22.7 Å². The third-order valence-electron chi connectivity index (χ3n) is 3.43. The predicted molar refractivity (Wildman–Crippen MR) is 84.0 cm³/mol. The van der Waals surface area contributed by atoms with Gasteiger partial charge >= 0.3 is 0 Å². The van der Waals surface area contributed by atoms with Crippen molar-refractivity contribution in [2.24, 2.45) is 23.5 Å². The van der Waals surface area contributed by atoms with Crippen LogP contribution >= 0.6 is 12.2 Å². The molecule has 3 N–H and O–H groups in total. The summed E-state index contributed by atoms with van der Waals surface area (Å²) in [6.07, 6.45) is 0. The van der Waals surface area contributed by atoms with E-state index in [4.69, 9.17) is 18.0 Å². The Hall–Kier alpha value is -1.09. The fraction of sp³-hybridized carbons (Fsp3) is 0.533. The Morgan fingerprint density at radius 3 is 2.22 bits per heavy atom. The molecule has 0 saturated carbocycles. The van der Waals surface area contributed by atoms with E-state index in [1.54, 1.807) is 0 Å². The lowest BCUT2D eigenvalue weighted by Crippen LogP contribution is -2.25. The summed E-state index contributed by atoms with van der Waals surface area (Å²) in [4.78, 5) is 0.448. The molecule has 2 nitrogen and oxygen atoms in total. The van der Waals surface area contributed by atoms with Gasteiger partial charge in [-0.1, -0.05) is 52.0 Å². The fourth-order valence-corrected chi connectivity index (χ4v) is 2.50. The molecule has 0 atom stereocenters. The van der Waals surface area contributed by atoms with Gasteiger partial charge in [0.2, 0.25) is 0 Å². The molecule has 0 saturated heterocycles. The van der Waals surface area contributed by atoms with Gasteiger partial charge < -0.3 is 11.1 Å². The second-order valence-electron chi connectivity index (χ2n) is 5.44. The first-order chi connectivity index (χ1) is 8.43. The van der Waals surface area contributed by atoms with Gasteiger partial charge in [0.25, 0.3) is 0 Å². The van der Waals surface area contributed by atoms with Crippen molar-refractivity contribution in [1.82, 2.24) is 0 Å². The van der Waals surface area contributed by atoms with Crippen molar-refractivity contribution in [3.8, 4) is 0 Å². The number of nitrogens with one attached hydrogen (secondary N) is 1. The van der Waals surface area contributed by atoms with Crippen LogP contribution in [0.2, 0.25) is 0 Å². The molecule has 1 aromatic carbocycles. The molecule has 0 heterocycles. The largest absolute Gasteiger partial charge is 0.389 e. The van der Waals surface area contributed by atoms with Crippen LogP contribution in [0.3, 0.4) is 0 Å². The summed E-state index contributed by atoms with van der Waals surface area (Å²) in [5, 5.41) is 3.49. The van der Waals surface area contributed by atoms with Crippen molar-refractivity contribution in [2.45, 2.75) is 27.7 Å². The SMILES string of the molecule is CC(C)C(CNc1ccccc1C(N)=S)C(C)C. The number of anilines is 1. The summed E-state index contributed by atoms with van der Waals surface area (Å²) in [6.45, 7) is 10.0. The van der Waals surface area contributed by atoms with Crippen molar-refractivity contribution in [1.29, 1.82) is 0 Å². The molecule has 18 heavy (non-hydrogen) atoms. The van der Waals surface area contributed by atoms with Gasteiger partial charge in [-0.2, -0.15) is 0 Å². The Balaban J connectivity index is 2.76. The molecule has 1 aromatic rings. The maximum atomic E-state index is 5.73. The van der Waals surface area contributed by atoms with Crippen molar-refractivity contribution in [3.63, 3.8) is 0 Å². The number of nitrogens with two attached hydrogens (primary N) is 1. The maximum absolute atomic E-state index is 5.73. The Bertz CT molecular complexity index is 391. The maximum Gasteiger partial charge on any atom is 0.106 e.